The van der Waals surface area contributed by atoms with Crippen LogP contribution in [0.2, 0.25) is 0 Å². The third-order valence-electron chi connectivity index (χ3n) is 2.98. The van der Waals surface area contributed by atoms with E-state index < -0.39 is 0 Å². The van der Waals surface area contributed by atoms with Gasteiger partial charge in [-0.1, -0.05) is 24.4 Å². The molecule has 1 aromatic carbocycles. The standard InChI is InChI=1S/C12H16N2OS/c1-15-9-6-8(7-9)14-11-5-3-2-4-10(11)12(13)16/h2-5,8-9,14H,6-7H2,1H3,(H2,13,16). The molecule has 0 atom stereocenters. The normalized spacial score (nSPS) is 23.6. The van der Waals surface area contributed by atoms with E-state index in [2.05, 4.69) is 5.32 Å². The van der Waals surface area contributed by atoms with Gasteiger partial charge in [0.15, 0.2) is 0 Å². The van der Waals surface area contributed by atoms with Gasteiger partial charge in [-0.25, -0.2) is 0 Å². The van der Waals surface area contributed by atoms with E-state index in [9.17, 15) is 0 Å². The molecular weight excluding hydrogens is 220 g/mol. The summed E-state index contributed by atoms with van der Waals surface area (Å²) in [4.78, 5) is 0.436. The lowest BCUT2D eigenvalue weighted by molar-refractivity contribution is 0.0329. The Morgan fingerprint density at radius 3 is 2.75 bits per heavy atom. The Kier molecular flexibility index (Phi) is 3.41. The maximum atomic E-state index is 5.67. The minimum Gasteiger partial charge on any atom is -0.389 e. The van der Waals surface area contributed by atoms with Crippen molar-refractivity contribution in [2.45, 2.75) is 25.0 Å². The van der Waals surface area contributed by atoms with Gasteiger partial charge in [0.1, 0.15) is 4.99 Å². The van der Waals surface area contributed by atoms with Crippen LogP contribution >= 0.6 is 12.2 Å². The van der Waals surface area contributed by atoms with Crippen molar-refractivity contribution in [2.24, 2.45) is 5.73 Å². The summed E-state index contributed by atoms with van der Waals surface area (Å²) in [5.41, 5.74) is 7.61. The van der Waals surface area contributed by atoms with Gasteiger partial charge < -0.3 is 15.8 Å². The summed E-state index contributed by atoms with van der Waals surface area (Å²) < 4.78 is 5.24. The molecule has 4 heteroatoms. The van der Waals surface area contributed by atoms with E-state index in [4.69, 9.17) is 22.7 Å². The summed E-state index contributed by atoms with van der Waals surface area (Å²) >= 11 is 5.02. The molecule has 1 fully saturated rings. The lowest BCUT2D eigenvalue weighted by Gasteiger charge is -2.35. The number of hydrogen-bond donors (Lipinski definition) is 2. The fourth-order valence-corrected chi connectivity index (χ4v) is 2.10. The summed E-state index contributed by atoms with van der Waals surface area (Å²) in [6.07, 6.45) is 2.49. The summed E-state index contributed by atoms with van der Waals surface area (Å²) in [6, 6.07) is 8.35. The summed E-state index contributed by atoms with van der Waals surface area (Å²) in [7, 11) is 1.75. The van der Waals surface area contributed by atoms with Crippen molar-refractivity contribution in [3.8, 4) is 0 Å². The monoisotopic (exact) mass is 236 g/mol. The number of benzene rings is 1. The number of nitrogens with one attached hydrogen (secondary N) is 1. The van der Waals surface area contributed by atoms with Crippen LogP contribution in [0.5, 0.6) is 0 Å². The lowest BCUT2D eigenvalue weighted by atomic mass is 9.89. The first kappa shape index (κ1) is 11.4. The third kappa shape index (κ3) is 2.33. The Morgan fingerprint density at radius 2 is 2.12 bits per heavy atom. The van der Waals surface area contributed by atoms with Gasteiger partial charge in [0, 0.05) is 24.4 Å². The zero-order valence-electron chi connectivity index (χ0n) is 9.27. The second kappa shape index (κ2) is 4.80. The number of para-hydroxylation sites is 1. The number of rotatable bonds is 4. The molecule has 2 rings (SSSR count). The first-order chi connectivity index (χ1) is 7.70. The van der Waals surface area contributed by atoms with Crippen LogP contribution in [0.25, 0.3) is 0 Å². The van der Waals surface area contributed by atoms with E-state index >= 15 is 0 Å². The Balaban J connectivity index is 2.02. The first-order valence-corrected chi connectivity index (χ1v) is 5.79. The fourth-order valence-electron chi connectivity index (χ4n) is 1.92. The molecule has 0 aromatic heterocycles. The van der Waals surface area contributed by atoms with Gasteiger partial charge in [-0.05, 0) is 25.0 Å². The van der Waals surface area contributed by atoms with Crippen LogP contribution < -0.4 is 11.1 Å². The number of nitrogens with two attached hydrogens (primary N) is 1. The van der Waals surface area contributed by atoms with Crippen molar-refractivity contribution in [1.82, 2.24) is 0 Å². The highest BCUT2D eigenvalue weighted by molar-refractivity contribution is 7.80. The van der Waals surface area contributed by atoms with Gasteiger partial charge in [-0.2, -0.15) is 0 Å². The predicted octanol–water partition coefficient (Wildman–Crippen LogP) is 1.91. The van der Waals surface area contributed by atoms with Gasteiger partial charge in [0.25, 0.3) is 0 Å². The summed E-state index contributed by atoms with van der Waals surface area (Å²) in [6.45, 7) is 0. The molecule has 0 amide bonds. The molecule has 0 saturated heterocycles. The molecule has 0 unspecified atom stereocenters. The molecule has 3 nitrogen and oxygen atoms in total. The molecule has 0 aliphatic heterocycles. The van der Waals surface area contributed by atoms with Crippen LogP contribution in [-0.2, 0) is 4.74 Å². The van der Waals surface area contributed by atoms with Crippen molar-refractivity contribution >= 4 is 22.9 Å². The number of hydrogen-bond acceptors (Lipinski definition) is 3. The van der Waals surface area contributed by atoms with E-state index in [0.29, 0.717) is 17.1 Å². The maximum Gasteiger partial charge on any atom is 0.106 e. The molecule has 1 saturated carbocycles. The number of anilines is 1. The highest BCUT2D eigenvalue weighted by Gasteiger charge is 2.29. The molecule has 0 heterocycles. The third-order valence-corrected chi connectivity index (χ3v) is 3.20. The van der Waals surface area contributed by atoms with E-state index in [1.54, 1.807) is 7.11 Å². The quantitative estimate of drug-likeness (QED) is 0.784. The fraction of sp³-hybridized carbons (Fsp3) is 0.417. The Hall–Kier alpha value is -1.13. The Morgan fingerprint density at radius 1 is 1.44 bits per heavy atom. The molecular formula is C12H16N2OS. The van der Waals surface area contributed by atoms with Crippen LogP contribution in [0, 0.1) is 0 Å². The molecule has 0 bridgehead atoms. The topological polar surface area (TPSA) is 47.3 Å². The molecule has 0 spiro atoms. The largest absolute Gasteiger partial charge is 0.389 e. The van der Waals surface area contributed by atoms with E-state index in [-0.39, 0.29) is 0 Å². The molecule has 0 radical (unpaired) electrons. The first-order valence-electron chi connectivity index (χ1n) is 5.39. The number of methoxy groups -OCH3 is 1. The second-order valence-corrected chi connectivity index (χ2v) is 4.52. The highest BCUT2D eigenvalue weighted by atomic mass is 32.1. The lowest BCUT2D eigenvalue weighted by Crippen LogP contribution is -2.40. The SMILES string of the molecule is COC1CC(Nc2ccccc2C(N)=S)C1. The maximum absolute atomic E-state index is 5.67. The zero-order valence-corrected chi connectivity index (χ0v) is 10.1. The predicted molar refractivity (Wildman–Crippen MR) is 69.8 cm³/mol. The minimum atomic E-state index is 0.398. The Bertz CT molecular complexity index is 388. The van der Waals surface area contributed by atoms with Crippen LogP contribution in [0.3, 0.4) is 0 Å². The minimum absolute atomic E-state index is 0.398. The molecule has 3 N–H and O–H groups in total. The summed E-state index contributed by atoms with van der Waals surface area (Å²) in [5.74, 6) is 0. The van der Waals surface area contributed by atoms with E-state index in [1.807, 2.05) is 24.3 Å². The summed E-state index contributed by atoms with van der Waals surface area (Å²) in [5, 5.41) is 3.45. The van der Waals surface area contributed by atoms with Crippen LogP contribution in [0.15, 0.2) is 24.3 Å². The van der Waals surface area contributed by atoms with Crippen LogP contribution in [0.4, 0.5) is 5.69 Å². The molecule has 1 aromatic rings. The van der Waals surface area contributed by atoms with E-state index in [0.717, 1.165) is 24.1 Å². The molecule has 1 aliphatic carbocycles. The van der Waals surface area contributed by atoms with Gasteiger partial charge >= 0.3 is 0 Å². The number of thiocarbonyl (C=S) groups is 1. The van der Waals surface area contributed by atoms with Crippen molar-refractivity contribution in [2.75, 3.05) is 12.4 Å². The van der Waals surface area contributed by atoms with E-state index in [1.165, 1.54) is 0 Å². The van der Waals surface area contributed by atoms with Crippen molar-refractivity contribution in [3.05, 3.63) is 29.8 Å². The molecule has 86 valence electrons. The second-order valence-electron chi connectivity index (χ2n) is 4.08. The van der Waals surface area contributed by atoms with Crippen LogP contribution in [0.1, 0.15) is 18.4 Å². The van der Waals surface area contributed by atoms with Crippen molar-refractivity contribution < 1.29 is 4.74 Å². The molecule has 16 heavy (non-hydrogen) atoms. The van der Waals surface area contributed by atoms with Crippen molar-refractivity contribution in [1.29, 1.82) is 0 Å². The molecule has 1 aliphatic rings. The van der Waals surface area contributed by atoms with Gasteiger partial charge in [0.2, 0.25) is 0 Å². The smallest absolute Gasteiger partial charge is 0.106 e. The van der Waals surface area contributed by atoms with Gasteiger partial charge in [-0.15, -0.1) is 0 Å². The zero-order chi connectivity index (χ0) is 11.5. The Labute approximate surface area is 101 Å². The average molecular weight is 236 g/mol. The van der Waals surface area contributed by atoms with Crippen LogP contribution in [-0.4, -0.2) is 24.2 Å². The number of ether oxygens (including phenoxy) is 1. The van der Waals surface area contributed by atoms with Crippen molar-refractivity contribution in [3.63, 3.8) is 0 Å². The van der Waals surface area contributed by atoms with Gasteiger partial charge in [-0.3, -0.25) is 0 Å². The highest BCUT2D eigenvalue weighted by Crippen LogP contribution is 2.27. The van der Waals surface area contributed by atoms with Gasteiger partial charge in [0.05, 0.1) is 6.10 Å². The average Bonchev–Trinajstić information content (AvgIpc) is 2.23.